The van der Waals surface area contributed by atoms with Gasteiger partial charge < -0.3 is 19.3 Å². The molecule has 0 bridgehead atoms. The summed E-state index contributed by atoms with van der Waals surface area (Å²) in [7, 11) is 0. The van der Waals surface area contributed by atoms with Crippen LogP contribution in [0, 0.1) is 0 Å². The van der Waals surface area contributed by atoms with E-state index in [4.69, 9.17) is 32.7 Å². The second-order valence-corrected chi connectivity index (χ2v) is 7.56. The third kappa shape index (κ3) is 5.97. The Bertz CT molecular complexity index is 638. The molecule has 2 amide bonds. The molecule has 1 aromatic rings. The van der Waals surface area contributed by atoms with Crippen LogP contribution in [0.2, 0.25) is 10.0 Å². The Morgan fingerprint density at radius 2 is 1.68 bits per heavy atom. The molecule has 0 N–H and O–H groups in total. The maximum atomic E-state index is 12.3. The smallest absolute Gasteiger partial charge is 0.410 e. The molecule has 8 heteroatoms. The number of halogens is 2. The first-order chi connectivity index (χ1) is 11.7. The average Bonchev–Trinajstić information content (AvgIpc) is 2.54. The highest BCUT2D eigenvalue weighted by molar-refractivity contribution is 6.34. The summed E-state index contributed by atoms with van der Waals surface area (Å²) in [6, 6.07) is 4.83. The lowest BCUT2D eigenvalue weighted by Gasteiger charge is -2.35. The Hall–Kier alpha value is -1.66. The highest BCUT2D eigenvalue weighted by atomic mass is 35.5. The normalized spacial score (nSPS) is 15.1. The van der Waals surface area contributed by atoms with Crippen molar-refractivity contribution in [2.75, 3.05) is 32.8 Å². The molecule has 0 atom stereocenters. The molecule has 0 unspecified atom stereocenters. The number of amides is 2. The highest BCUT2D eigenvalue weighted by Crippen LogP contribution is 2.27. The number of nitrogens with zero attached hydrogens (tertiary/aromatic N) is 2. The Balaban J connectivity index is 1.81. The van der Waals surface area contributed by atoms with Crippen LogP contribution in [0.15, 0.2) is 18.2 Å². The highest BCUT2D eigenvalue weighted by Gasteiger charge is 2.27. The van der Waals surface area contributed by atoms with Crippen LogP contribution in [0.1, 0.15) is 20.8 Å². The fourth-order valence-electron chi connectivity index (χ4n) is 2.28. The molecule has 1 aromatic carbocycles. The van der Waals surface area contributed by atoms with Crippen molar-refractivity contribution in [1.29, 1.82) is 0 Å². The van der Waals surface area contributed by atoms with Gasteiger partial charge in [-0.3, -0.25) is 4.79 Å². The van der Waals surface area contributed by atoms with Crippen molar-refractivity contribution < 1.29 is 19.1 Å². The topological polar surface area (TPSA) is 59.1 Å². The van der Waals surface area contributed by atoms with E-state index >= 15 is 0 Å². The lowest BCUT2D eigenvalue weighted by atomic mass is 10.2. The molecule has 138 valence electrons. The average molecular weight is 389 g/mol. The van der Waals surface area contributed by atoms with Gasteiger partial charge in [0.1, 0.15) is 11.4 Å². The van der Waals surface area contributed by atoms with Crippen LogP contribution < -0.4 is 4.74 Å². The van der Waals surface area contributed by atoms with Crippen LogP contribution in [-0.4, -0.2) is 60.2 Å². The maximum Gasteiger partial charge on any atom is 0.410 e. The Morgan fingerprint density at radius 1 is 1.08 bits per heavy atom. The van der Waals surface area contributed by atoms with Crippen LogP contribution in [0.4, 0.5) is 4.79 Å². The molecular formula is C17H22Cl2N2O4. The molecule has 2 rings (SSSR count). The van der Waals surface area contributed by atoms with Gasteiger partial charge >= 0.3 is 6.09 Å². The molecule has 0 aliphatic carbocycles. The van der Waals surface area contributed by atoms with E-state index in [-0.39, 0.29) is 18.6 Å². The fraction of sp³-hybridized carbons (Fsp3) is 0.529. The summed E-state index contributed by atoms with van der Waals surface area (Å²) in [5.74, 6) is 0.204. The quantitative estimate of drug-likeness (QED) is 0.795. The Kier molecular flexibility index (Phi) is 6.41. The minimum Gasteiger partial charge on any atom is -0.482 e. The van der Waals surface area contributed by atoms with Gasteiger partial charge in [-0.15, -0.1) is 0 Å². The summed E-state index contributed by atoms with van der Waals surface area (Å²) in [5, 5.41) is 0.879. The van der Waals surface area contributed by atoms with Gasteiger partial charge in [0.25, 0.3) is 5.91 Å². The van der Waals surface area contributed by atoms with Crippen molar-refractivity contribution in [3.63, 3.8) is 0 Å². The summed E-state index contributed by atoms with van der Waals surface area (Å²) in [5.41, 5.74) is -0.534. The van der Waals surface area contributed by atoms with Gasteiger partial charge in [0.05, 0.1) is 5.02 Å². The van der Waals surface area contributed by atoms with E-state index in [0.717, 1.165) is 0 Å². The van der Waals surface area contributed by atoms with Crippen molar-refractivity contribution in [3.05, 3.63) is 28.2 Å². The number of benzene rings is 1. The number of carbonyl (C=O) groups is 2. The Morgan fingerprint density at radius 3 is 2.28 bits per heavy atom. The van der Waals surface area contributed by atoms with Gasteiger partial charge in [-0.1, -0.05) is 23.2 Å². The number of ether oxygens (including phenoxy) is 2. The summed E-state index contributed by atoms with van der Waals surface area (Å²) in [4.78, 5) is 27.5. The van der Waals surface area contributed by atoms with Crippen molar-refractivity contribution in [1.82, 2.24) is 9.80 Å². The number of hydrogen-bond acceptors (Lipinski definition) is 4. The summed E-state index contributed by atoms with van der Waals surface area (Å²) < 4.78 is 10.8. The number of rotatable bonds is 3. The largest absolute Gasteiger partial charge is 0.482 e. The molecule has 0 aromatic heterocycles. The molecule has 1 fully saturated rings. The number of hydrogen-bond donors (Lipinski definition) is 0. The zero-order chi connectivity index (χ0) is 18.6. The Labute approximate surface area is 157 Å². The number of carbonyl (C=O) groups excluding carboxylic acids is 2. The van der Waals surface area contributed by atoms with Crippen LogP contribution in [-0.2, 0) is 9.53 Å². The summed E-state index contributed by atoms with van der Waals surface area (Å²) >= 11 is 11.9. The van der Waals surface area contributed by atoms with Crippen LogP contribution in [0.25, 0.3) is 0 Å². The summed E-state index contributed by atoms with van der Waals surface area (Å²) in [6.07, 6.45) is -0.360. The molecule has 1 saturated heterocycles. The molecule has 0 radical (unpaired) electrons. The standard InChI is InChI=1S/C17H22Cl2N2O4/c1-17(2,3)25-16(23)21-8-6-20(7-9-21)15(22)11-24-14-10-12(18)4-5-13(14)19/h4-5,10H,6-9,11H2,1-3H3. The third-order valence-corrected chi connectivity index (χ3v) is 4.08. The van der Waals surface area contributed by atoms with Gasteiger partial charge in [0, 0.05) is 37.3 Å². The second-order valence-electron chi connectivity index (χ2n) is 6.71. The van der Waals surface area contributed by atoms with Gasteiger partial charge in [-0.05, 0) is 32.9 Å². The predicted molar refractivity (Wildman–Crippen MR) is 96.3 cm³/mol. The van der Waals surface area contributed by atoms with Gasteiger partial charge in [-0.2, -0.15) is 0 Å². The van der Waals surface area contributed by atoms with Gasteiger partial charge in [0.2, 0.25) is 0 Å². The van der Waals surface area contributed by atoms with Crippen molar-refractivity contribution in [2.45, 2.75) is 26.4 Å². The lowest BCUT2D eigenvalue weighted by molar-refractivity contribution is -0.135. The maximum absolute atomic E-state index is 12.3. The third-order valence-electron chi connectivity index (χ3n) is 3.53. The van der Waals surface area contributed by atoms with Crippen molar-refractivity contribution in [3.8, 4) is 5.75 Å². The molecule has 0 spiro atoms. The molecule has 25 heavy (non-hydrogen) atoms. The molecule has 1 aliphatic rings. The van der Waals surface area contributed by atoms with Crippen LogP contribution >= 0.6 is 23.2 Å². The molecule has 1 heterocycles. The summed E-state index contributed by atoms with van der Waals surface area (Å²) in [6.45, 7) is 7.06. The first kappa shape index (κ1) is 19.7. The van der Waals surface area contributed by atoms with Crippen molar-refractivity contribution in [2.24, 2.45) is 0 Å². The SMILES string of the molecule is CC(C)(C)OC(=O)N1CCN(C(=O)COc2cc(Cl)ccc2Cl)CC1. The van der Waals surface area contributed by atoms with E-state index in [0.29, 0.717) is 42.0 Å². The molecular weight excluding hydrogens is 367 g/mol. The van der Waals surface area contributed by atoms with Crippen LogP contribution in [0.3, 0.4) is 0 Å². The minimum absolute atomic E-state index is 0.132. The molecule has 6 nitrogen and oxygen atoms in total. The predicted octanol–water partition coefficient (Wildman–Crippen LogP) is 3.45. The first-order valence-electron chi connectivity index (χ1n) is 7.99. The lowest BCUT2D eigenvalue weighted by Crippen LogP contribution is -2.52. The van der Waals surface area contributed by atoms with Gasteiger partial charge in [0.15, 0.2) is 6.61 Å². The van der Waals surface area contributed by atoms with E-state index in [1.165, 1.54) is 0 Å². The van der Waals surface area contributed by atoms with E-state index in [1.807, 2.05) is 20.8 Å². The second kappa shape index (κ2) is 8.15. The van der Waals surface area contributed by atoms with Crippen LogP contribution in [0.5, 0.6) is 5.75 Å². The first-order valence-corrected chi connectivity index (χ1v) is 8.75. The molecule has 1 aliphatic heterocycles. The monoisotopic (exact) mass is 388 g/mol. The van der Waals surface area contributed by atoms with Crippen molar-refractivity contribution >= 4 is 35.2 Å². The zero-order valence-corrected chi connectivity index (χ0v) is 16.1. The molecule has 0 saturated carbocycles. The zero-order valence-electron chi connectivity index (χ0n) is 14.6. The van der Waals surface area contributed by atoms with E-state index in [1.54, 1.807) is 28.0 Å². The van der Waals surface area contributed by atoms with E-state index in [9.17, 15) is 9.59 Å². The fourth-order valence-corrected chi connectivity index (χ4v) is 2.62. The van der Waals surface area contributed by atoms with E-state index in [2.05, 4.69) is 0 Å². The van der Waals surface area contributed by atoms with Gasteiger partial charge in [-0.25, -0.2) is 4.79 Å². The number of piperazine rings is 1. The van der Waals surface area contributed by atoms with E-state index < -0.39 is 5.60 Å². The minimum atomic E-state index is -0.534.